The summed E-state index contributed by atoms with van der Waals surface area (Å²) in [6, 6.07) is 11.1. The van der Waals surface area contributed by atoms with E-state index in [1.165, 1.54) is 18.2 Å². The highest BCUT2D eigenvalue weighted by atomic mass is 16.7. The lowest BCUT2D eigenvalue weighted by atomic mass is 10.1. The van der Waals surface area contributed by atoms with Crippen molar-refractivity contribution in [2.45, 2.75) is 0 Å². The van der Waals surface area contributed by atoms with Gasteiger partial charge < -0.3 is 14.3 Å². The number of benzene rings is 2. The molecule has 0 saturated heterocycles. The normalized spacial score (nSPS) is 10.7. The van der Waals surface area contributed by atoms with Crippen LogP contribution in [0.3, 0.4) is 0 Å². The van der Waals surface area contributed by atoms with Crippen molar-refractivity contribution in [3.05, 3.63) is 52.7 Å². The quantitative estimate of drug-likeness (QED) is 0.411. The van der Waals surface area contributed by atoms with Crippen molar-refractivity contribution in [1.82, 2.24) is 0 Å². The molecule has 1 heterocycles. The van der Waals surface area contributed by atoms with E-state index in [0.29, 0.717) is 11.3 Å². The van der Waals surface area contributed by atoms with Gasteiger partial charge in [0.05, 0.1) is 0 Å². The largest absolute Gasteiger partial charge is 0.511 e. The summed E-state index contributed by atoms with van der Waals surface area (Å²) in [7, 11) is 0. The highest BCUT2D eigenvalue weighted by Gasteiger charge is 2.09. The van der Waals surface area contributed by atoms with E-state index in [1.807, 2.05) is 6.07 Å². The molecule has 19 heavy (non-hydrogen) atoms. The first kappa shape index (κ1) is 11.3. The Morgan fingerprint density at radius 3 is 2.74 bits per heavy atom. The smallest absolute Gasteiger partial charge is 0.456 e. The minimum Gasteiger partial charge on any atom is -0.456 e. The summed E-state index contributed by atoms with van der Waals surface area (Å²) in [5, 5.41) is 9.35. The van der Waals surface area contributed by atoms with Gasteiger partial charge in [-0.1, -0.05) is 0 Å². The second kappa shape index (κ2) is 4.13. The standard InChI is InChI=1S/C14H8O5/c15-10-3-1-8-5-9-2-4-11(18-14(16)17)7-13(9)19-12(8)6-10/h1-7H,(H,16,17). The lowest BCUT2D eigenvalue weighted by molar-refractivity contribution is 0.144. The molecule has 1 aliphatic carbocycles. The number of hydrogen-bond acceptors (Lipinski definition) is 4. The number of carbonyl (C=O) groups is 1. The summed E-state index contributed by atoms with van der Waals surface area (Å²) >= 11 is 0. The van der Waals surface area contributed by atoms with Crippen LogP contribution in [0, 0.1) is 0 Å². The van der Waals surface area contributed by atoms with Crippen LogP contribution in [-0.2, 0) is 0 Å². The van der Waals surface area contributed by atoms with E-state index in [9.17, 15) is 9.59 Å². The van der Waals surface area contributed by atoms with E-state index in [0.717, 1.165) is 10.9 Å². The summed E-state index contributed by atoms with van der Waals surface area (Å²) < 4.78 is 10.1. The average Bonchev–Trinajstić information content (AvgIpc) is 2.35. The third-order valence-corrected chi connectivity index (χ3v) is 2.71. The van der Waals surface area contributed by atoms with Crippen LogP contribution in [0.2, 0.25) is 0 Å². The minimum atomic E-state index is -1.39. The molecule has 0 bridgehead atoms. The zero-order valence-electron chi connectivity index (χ0n) is 9.62. The van der Waals surface area contributed by atoms with Crippen molar-refractivity contribution in [1.29, 1.82) is 0 Å². The van der Waals surface area contributed by atoms with E-state index in [4.69, 9.17) is 9.52 Å². The first-order valence-corrected chi connectivity index (χ1v) is 5.50. The predicted molar refractivity (Wildman–Crippen MR) is 67.8 cm³/mol. The summed E-state index contributed by atoms with van der Waals surface area (Å²) in [6.45, 7) is 0. The molecule has 0 unspecified atom stereocenters. The van der Waals surface area contributed by atoms with Gasteiger partial charge in [0.1, 0.15) is 17.1 Å². The summed E-state index contributed by atoms with van der Waals surface area (Å²) in [5.41, 5.74) is 1.12. The third kappa shape index (κ3) is 2.13. The molecule has 1 aromatic rings. The van der Waals surface area contributed by atoms with Crippen LogP contribution < -0.4 is 10.2 Å². The molecule has 2 aliphatic rings. The number of ether oxygens (including phenoxy) is 1. The topological polar surface area (TPSA) is 76.7 Å². The SMILES string of the molecule is O=C(O)Oc1ccc2cc3ccc(=O)cc-3oc2c1. The predicted octanol–water partition coefficient (Wildman–Crippen LogP) is 2.95. The average molecular weight is 256 g/mol. The van der Waals surface area contributed by atoms with Crippen LogP contribution in [0.4, 0.5) is 4.79 Å². The van der Waals surface area contributed by atoms with Gasteiger partial charge in [-0.25, -0.2) is 4.79 Å². The number of fused-ring (bicyclic) bond motifs is 2. The van der Waals surface area contributed by atoms with Gasteiger partial charge in [0.25, 0.3) is 0 Å². The molecule has 0 radical (unpaired) electrons. The van der Waals surface area contributed by atoms with Crippen LogP contribution in [-0.4, -0.2) is 11.3 Å². The van der Waals surface area contributed by atoms with Gasteiger partial charge in [-0.2, -0.15) is 0 Å². The van der Waals surface area contributed by atoms with Gasteiger partial charge >= 0.3 is 6.16 Å². The van der Waals surface area contributed by atoms with Gasteiger partial charge in [-0.05, 0) is 30.3 Å². The Labute approximate surface area is 107 Å². The Balaban J connectivity index is 2.22. The Morgan fingerprint density at radius 2 is 1.95 bits per heavy atom. The van der Waals surface area contributed by atoms with E-state index in [2.05, 4.69) is 4.74 Å². The third-order valence-electron chi connectivity index (χ3n) is 2.71. The maximum atomic E-state index is 11.3. The van der Waals surface area contributed by atoms with Gasteiger partial charge in [0.15, 0.2) is 5.43 Å². The number of carboxylic acid groups (broad SMARTS) is 1. The lowest BCUT2D eigenvalue weighted by Crippen LogP contribution is -2.02. The van der Waals surface area contributed by atoms with Gasteiger partial charge in [0.2, 0.25) is 0 Å². The van der Waals surface area contributed by atoms with Crippen molar-refractivity contribution in [2.75, 3.05) is 0 Å². The molecular formula is C14H8O5. The highest BCUT2D eigenvalue weighted by molar-refractivity contribution is 5.84. The Bertz CT molecular complexity index is 802. The summed E-state index contributed by atoms with van der Waals surface area (Å²) in [5.74, 6) is 0.619. The van der Waals surface area contributed by atoms with E-state index in [1.54, 1.807) is 18.2 Å². The molecule has 94 valence electrons. The molecule has 5 nitrogen and oxygen atoms in total. The van der Waals surface area contributed by atoms with E-state index >= 15 is 0 Å². The van der Waals surface area contributed by atoms with Crippen molar-refractivity contribution >= 4 is 17.1 Å². The molecular weight excluding hydrogens is 248 g/mol. The molecule has 1 aromatic carbocycles. The second-order valence-electron chi connectivity index (χ2n) is 4.01. The monoisotopic (exact) mass is 256 g/mol. The molecule has 3 rings (SSSR count). The molecule has 0 fully saturated rings. The van der Waals surface area contributed by atoms with E-state index < -0.39 is 6.16 Å². The van der Waals surface area contributed by atoms with Gasteiger partial charge in [0, 0.05) is 23.1 Å². The first-order valence-electron chi connectivity index (χ1n) is 5.50. The van der Waals surface area contributed by atoms with Crippen molar-refractivity contribution in [2.24, 2.45) is 0 Å². The molecule has 0 saturated carbocycles. The number of rotatable bonds is 1. The van der Waals surface area contributed by atoms with Gasteiger partial charge in [-0.3, -0.25) is 4.79 Å². The first-order chi connectivity index (χ1) is 9.11. The summed E-state index contributed by atoms with van der Waals surface area (Å²) in [6.07, 6.45) is -1.39. The molecule has 0 atom stereocenters. The van der Waals surface area contributed by atoms with Crippen LogP contribution in [0.25, 0.3) is 22.3 Å². The van der Waals surface area contributed by atoms with E-state index in [-0.39, 0.29) is 11.2 Å². The van der Waals surface area contributed by atoms with Crippen LogP contribution in [0.5, 0.6) is 5.75 Å². The molecule has 5 heteroatoms. The fraction of sp³-hybridized carbons (Fsp3) is 0. The summed E-state index contributed by atoms with van der Waals surface area (Å²) in [4.78, 5) is 21.7. The van der Waals surface area contributed by atoms with Crippen LogP contribution in [0.15, 0.2) is 51.7 Å². The molecule has 1 N–H and O–H groups in total. The Kier molecular flexibility index (Phi) is 2.45. The lowest BCUT2D eigenvalue weighted by Gasteiger charge is -2.07. The zero-order chi connectivity index (χ0) is 13.4. The van der Waals surface area contributed by atoms with Crippen LogP contribution in [0.1, 0.15) is 0 Å². The Hall–Kier alpha value is -2.82. The molecule has 0 aromatic heterocycles. The fourth-order valence-corrected chi connectivity index (χ4v) is 1.89. The fourth-order valence-electron chi connectivity index (χ4n) is 1.89. The highest BCUT2D eigenvalue weighted by Crippen LogP contribution is 2.29. The van der Waals surface area contributed by atoms with Crippen LogP contribution >= 0.6 is 0 Å². The molecule has 0 spiro atoms. The zero-order valence-corrected chi connectivity index (χ0v) is 9.62. The minimum absolute atomic E-state index is 0.145. The maximum absolute atomic E-state index is 11.3. The van der Waals surface area contributed by atoms with Crippen molar-refractivity contribution < 1.29 is 19.1 Å². The second-order valence-corrected chi connectivity index (χ2v) is 4.01. The molecule has 0 amide bonds. The maximum Gasteiger partial charge on any atom is 0.511 e. The van der Waals surface area contributed by atoms with Crippen molar-refractivity contribution in [3.63, 3.8) is 0 Å². The number of hydrogen-bond donors (Lipinski definition) is 1. The van der Waals surface area contributed by atoms with Crippen molar-refractivity contribution in [3.8, 4) is 17.1 Å². The Morgan fingerprint density at radius 1 is 1.11 bits per heavy atom. The van der Waals surface area contributed by atoms with Gasteiger partial charge in [-0.15, -0.1) is 0 Å². The molecule has 1 aliphatic heterocycles.